The molecule has 0 aromatic heterocycles. The Morgan fingerprint density at radius 1 is 1.31 bits per heavy atom. The largest absolute Gasteiger partial charge is 0.383 e. The van der Waals surface area contributed by atoms with Crippen molar-refractivity contribution in [3.05, 3.63) is 0 Å². The van der Waals surface area contributed by atoms with E-state index in [0.717, 1.165) is 44.5 Å². The van der Waals surface area contributed by atoms with Gasteiger partial charge in [-0.15, -0.1) is 0 Å². The van der Waals surface area contributed by atoms with Crippen LogP contribution in [0.15, 0.2) is 0 Å². The van der Waals surface area contributed by atoms with Gasteiger partial charge in [0.15, 0.2) is 0 Å². The maximum atomic E-state index is 11.7. The van der Waals surface area contributed by atoms with Gasteiger partial charge in [-0.3, -0.25) is 4.79 Å². The van der Waals surface area contributed by atoms with Crippen LogP contribution >= 0.6 is 0 Å². The van der Waals surface area contributed by atoms with Crippen molar-refractivity contribution in [2.24, 2.45) is 17.8 Å². The zero-order chi connectivity index (χ0) is 11.4. The molecule has 0 aromatic carbocycles. The maximum Gasteiger partial charge on any atom is 0.223 e. The topological polar surface area (TPSA) is 50.4 Å². The lowest BCUT2D eigenvalue weighted by Gasteiger charge is -2.06. The molecule has 2 aliphatic carbocycles. The first-order chi connectivity index (χ1) is 7.83. The second kappa shape index (κ2) is 5.64. The van der Waals surface area contributed by atoms with Gasteiger partial charge in [-0.25, -0.2) is 0 Å². The zero-order valence-corrected chi connectivity index (χ0v) is 10.00. The summed E-state index contributed by atoms with van der Waals surface area (Å²) in [6, 6.07) is 0. The molecule has 0 saturated heterocycles. The molecule has 2 saturated carbocycles. The fourth-order valence-corrected chi connectivity index (χ4v) is 2.27. The first-order valence-corrected chi connectivity index (χ1v) is 6.30. The molecule has 16 heavy (non-hydrogen) atoms. The summed E-state index contributed by atoms with van der Waals surface area (Å²) in [6.45, 7) is 3.13. The van der Waals surface area contributed by atoms with Crippen molar-refractivity contribution >= 4 is 5.91 Å². The lowest BCUT2D eigenvalue weighted by atomic mass is 10.2. The summed E-state index contributed by atoms with van der Waals surface area (Å²) in [6.07, 6.45) is 3.84. The first-order valence-electron chi connectivity index (χ1n) is 6.30. The van der Waals surface area contributed by atoms with Crippen LogP contribution in [-0.4, -0.2) is 39.3 Å². The van der Waals surface area contributed by atoms with Gasteiger partial charge >= 0.3 is 0 Å². The second-order valence-electron chi connectivity index (χ2n) is 4.88. The average molecular weight is 226 g/mol. The van der Waals surface area contributed by atoms with Gasteiger partial charge in [0.2, 0.25) is 5.91 Å². The van der Waals surface area contributed by atoms with Gasteiger partial charge in [0.1, 0.15) is 0 Å². The number of nitrogens with one attached hydrogen (secondary N) is 2. The van der Waals surface area contributed by atoms with Crippen molar-refractivity contribution in [1.29, 1.82) is 0 Å². The summed E-state index contributed by atoms with van der Waals surface area (Å²) < 4.78 is 4.92. The maximum absolute atomic E-state index is 11.7. The van der Waals surface area contributed by atoms with Crippen molar-refractivity contribution in [2.75, 3.05) is 33.4 Å². The van der Waals surface area contributed by atoms with E-state index in [4.69, 9.17) is 4.74 Å². The lowest BCUT2D eigenvalue weighted by molar-refractivity contribution is -0.122. The molecule has 0 aliphatic heterocycles. The van der Waals surface area contributed by atoms with E-state index < -0.39 is 0 Å². The number of hydrogen-bond donors (Lipinski definition) is 2. The molecule has 4 heteroatoms. The van der Waals surface area contributed by atoms with Crippen LogP contribution < -0.4 is 10.6 Å². The zero-order valence-electron chi connectivity index (χ0n) is 10.00. The Morgan fingerprint density at radius 3 is 2.81 bits per heavy atom. The third-order valence-corrected chi connectivity index (χ3v) is 3.49. The van der Waals surface area contributed by atoms with Gasteiger partial charge in [-0.05, 0) is 31.1 Å². The van der Waals surface area contributed by atoms with E-state index in [1.165, 1.54) is 12.8 Å². The van der Waals surface area contributed by atoms with E-state index in [9.17, 15) is 4.79 Å². The summed E-state index contributed by atoms with van der Waals surface area (Å²) in [5.41, 5.74) is 0. The minimum atomic E-state index is 0.269. The molecule has 0 radical (unpaired) electrons. The molecular weight excluding hydrogens is 204 g/mol. The van der Waals surface area contributed by atoms with Gasteiger partial charge in [0.25, 0.3) is 0 Å². The number of methoxy groups -OCH3 is 1. The molecule has 92 valence electrons. The fraction of sp³-hybridized carbons (Fsp3) is 0.917. The van der Waals surface area contributed by atoms with Crippen LogP contribution in [0.2, 0.25) is 0 Å². The molecule has 2 rings (SSSR count). The first kappa shape index (κ1) is 11.9. The van der Waals surface area contributed by atoms with E-state index in [1.807, 2.05) is 0 Å². The SMILES string of the molecule is COCCNCCNC(=O)C1CC1C1CC1. The summed E-state index contributed by atoms with van der Waals surface area (Å²) in [7, 11) is 1.69. The lowest BCUT2D eigenvalue weighted by Crippen LogP contribution is -2.34. The molecule has 2 aliphatic rings. The van der Waals surface area contributed by atoms with E-state index in [1.54, 1.807) is 7.11 Å². The molecule has 0 heterocycles. The molecule has 2 N–H and O–H groups in total. The standard InChI is InChI=1S/C12H22N2O2/c1-16-7-6-13-4-5-14-12(15)11-8-10(11)9-2-3-9/h9-11,13H,2-8H2,1H3,(H,14,15). The molecule has 2 unspecified atom stereocenters. The van der Waals surface area contributed by atoms with Gasteiger partial charge in [-0.1, -0.05) is 0 Å². The van der Waals surface area contributed by atoms with E-state index in [2.05, 4.69) is 10.6 Å². The van der Waals surface area contributed by atoms with E-state index in [0.29, 0.717) is 5.92 Å². The van der Waals surface area contributed by atoms with Gasteiger partial charge in [0.05, 0.1) is 6.61 Å². The number of hydrogen-bond acceptors (Lipinski definition) is 3. The second-order valence-corrected chi connectivity index (χ2v) is 4.88. The van der Waals surface area contributed by atoms with Crippen molar-refractivity contribution in [3.63, 3.8) is 0 Å². The molecule has 0 aromatic rings. The Balaban J connectivity index is 1.45. The monoisotopic (exact) mass is 226 g/mol. The number of amides is 1. The Labute approximate surface area is 97.1 Å². The van der Waals surface area contributed by atoms with Crippen LogP contribution in [0.4, 0.5) is 0 Å². The molecule has 0 spiro atoms. The third-order valence-electron chi connectivity index (χ3n) is 3.49. The van der Waals surface area contributed by atoms with Crippen LogP contribution in [-0.2, 0) is 9.53 Å². The third kappa shape index (κ3) is 3.46. The van der Waals surface area contributed by atoms with Crippen LogP contribution in [0.5, 0.6) is 0 Å². The molecule has 4 nitrogen and oxygen atoms in total. The molecule has 2 fully saturated rings. The minimum Gasteiger partial charge on any atom is -0.383 e. The smallest absolute Gasteiger partial charge is 0.223 e. The van der Waals surface area contributed by atoms with Crippen LogP contribution in [0.1, 0.15) is 19.3 Å². The van der Waals surface area contributed by atoms with Crippen LogP contribution in [0.25, 0.3) is 0 Å². The highest BCUT2D eigenvalue weighted by Gasteiger charge is 2.50. The summed E-state index contributed by atoms with van der Waals surface area (Å²) in [5, 5.41) is 6.20. The molecular formula is C12H22N2O2. The fourth-order valence-electron chi connectivity index (χ4n) is 2.27. The Hall–Kier alpha value is -0.610. The highest BCUT2D eigenvalue weighted by atomic mass is 16.5. The Kier molecular flexibility index (Phi) is 4.18. The highest BCUT2D eigenvalue weighted by molar-refractivity contribution is 5.81. The van der Waals surface area contributed by atoms with Gasteiger partial charge in [0, 0.05) is 32.7 Å². The predicted molar refractivity (Wildman–Crippen MR) is 62.1 cm³/mol. The predicted octanol–water partition coefficient (Wildman–Crippen LogP) is 0.385. The van der Waals surface area contributed by atoms with Crippen LogP contribution in [0.3, 0.4) is 0 Å². The normalized spacial score (nSPS) is 27.8. The van der Waals surface area contributed by atoms with E-state index >= 15 is 0 Å². The summed E-state index contributed by atoms with van der Waals surface area (Å²) in [5.74, 6) is 2.22. The number of carbonyl (C=O) groups excluding carboxylic acids is 1. The molecule has 2 atom stereocenters. The number of carbonyl (C=O) groups is 1. The molecule has 0 bridgehead atoms. The average Bonchev–Trinajstić information content (AvgIpc) is 3.15. The van der Waals surface area contributed by atoms with Crippen molar-refractivity contribution in [2.45, 2.75) is 19.3 Å². The minimum absolute atomic E-state index is 0.269. The van der Waals surface area contributed by atoms with Gasteiger partial charge in [-0.2, -0.15) is 0 Å². The highest BCUT2D eigenvalue weighted by Crippen LogP contribution is 2.54. The van der Waals surface area contributed by atoms with Gasteiger partial charge < -0.3 is 15.4 Å². The van der Waals surface area contributed by atoms with Crippen molar-refractivity contribution < 1.29 is 9.53 Å². The Bertz CT molecular complexity index is 241. The van der Waals surface area contributed by atoms with E-state index in [-0.39, 0.29) is 5.91 Å². The Morgan fingerprint density at radius 2 is 2.12 bits per heavy atom. The number of rotatable bonds is 8. The van der Waals surface area contributed by atoms with Crippen molar-refractivity contribution in [3.8, 4) is 0 Å². The summed E-state index contributed by atoms with van der Waals surface area (Å²) in [4.78, 5) is 11.7. The molecule has 1 amide bonds. The summed E-state index contributed by atoms with van der Waals surface area (Å²) >= 11 is 0. The van der Waals surface area contributed by atoms with Crippen LogP contribution in [0, 0.1) is 17.8 Å². The quantitative estimate of drug-likeness (QED) is 0.588. The van der Waals surface area contributed by atoms with Crippen molar-refractivity contribution in [1.82, 2.24) is 10.6 Å². The number of ether oxygens (including phenoxy) is 1.